The minimum Gasteiger partial charge on any atom is -0.472 e. The number of carbonyl (C=O) groups excluding carboxylic acids is 3. The van der Waals surface area contributed by atoms with Crippen LogP contribution in [-0.2, 0) is 14.3 Å². The lowest BCUT2D eigenvalue weighted by Gasteiger charge is -2.30. The van der Waals surface area contributed by atoms with Gasteiger partial charge in [0.05, 0.1) is 17.7 Å². The van der Waals surface area contributed by atoms with E-state index in [4.69, 9.17) is 9.15 Å². The highest BCUT2D eigenvalue weighted by molar-refractivity contribution is 5.94. The molecule has 0 bridgehead atoms. The van der Waals surface area contributed by atoms with E-state index >= 15 is 0 Å². The highest BCUT2D eigenvalue weighted by Gasteiger charge is 2.29. The molecule has 2 heterocycles. The monoisotopic (exact) mass is 370 g/mol. The summed E-state index contributed by atoms with van der Waals surface area (Å²) in [7, 11) is 0. The van der Waals surface area contributed by atoms with Crippen molar-refractivity contribution in [2.75, 3.05) is 25.0 Å². The fraction of sp³-hybridized carbons (Fsp3) is 0.350. The highest BCUT2D eigenvalue weighted by atomic mass is 16.5. The van der Waals surface area contributed by atoms with E-state index in [2.05, 4.69) is 5.32 Å². The van der Waals surface area contributed by atoms with Crippen LogP contribution in [0.3, 0.4) is 0 Å². The van der Waals surface area contributed by atoms with Gasteiger partial charge in [0, 0.05) is 18.8 Å². The highest BCUT2D eigenvalue weighted by Crippen LogP contribution is 2.20. The number of hydrogen-bond acceptors (Lipinski definition) is 5. The third-order valence-electron chi connectivity index (χ3n) is 4.56. The molecule has 2 aromatic rings. The SMILES string of the molecule is Cc1ccc(NC(=O)COC(=O)C2CCN(C(=O)c3ccoc3)CC2)cc1. The Morgan fingerprint density at radius 1 is 1.15 bits per heavy atom. The number of hydrogen-bond donors (Lipinski definition) is 1. The summed E-state index contributed by atoms with van der Waals surface area (Å²) in [6, 6.07) is 8.99. The normalized spacial score (nSPS) is 14.6. The number of amides is 2. The first-order valence-corrected chi connectivity index (χ1v) is 8.87. The van der Waals surface area contributed by atoms with Crippen molar-refractivity contribution in [3.63, 3.8) is 0 Å². The van der Waals surface area contributed by atoms with E-state index < -0.39 is 5.97 Å². The molecule has 1 aromatic heterocycles. The molecule has 1 saturated heterocycles. The number of furan rings is 1. The number of nitrogens with zero attached hydrogens (tertiary/aromatic N) is 1. The molecule has 0 unspecified atom stereocenters. The second-order valence-electron chi connectivity index (χ2n) is 6.60. The number of anilines is 1. The third kappa shape index (κ3) is 4.97. The van der Waals surface area contributed by atoms with Gasteiger partial charge >= 0.3 is 5.97 Å². The van der Waals surface area contributed by atoms with Crippen molar-refractivity contribution in [3.05, 3.63) is 54.0 Å². The van der Waals surface area contributed by atoms with Crippen LogP contribution in [0.1, 0.15) is 28.8 Å². The van der Waals surface area contributed by atoms with Gasteiger partial charge in [-0.3, -0.25) is 14.4 Å². The molecule has 2 amide bonds. The Hall–Kier alpha value is -3.09. The molecule has 3 rings (SSSR count). The molecule has 0 saturated carbocycles. The molecular weight excluding hydrogens is 348 g/mol. The summed E-state index contributed by atoms with van der Waals surface area (Å²) < 4.78 is 10.1. The van der Waals surface area contributed by atoms with Gasteiger partial charge in [-0.05, 0) is 38.0 Å². The molecule has 1 N–H and O–H groups in total. The summed E-state index contributed by atoms with van der Waals surface area (Å²) in [5.41, 5.74) is 2.26. The zero-order valence-corrected chi connectivity index (χ0v) is 15.1. The van der Waals surface area contributed by atoms with E-state index in [1.165, 1.54) is 12.5 Å². The predicted octanol–water partition coefficient (Wildman–Crippen LogP) is 2.62. The van der Waals surface area contributed by atoms with Gasteiger partial charge in [-0.1, -0.05) is 17.7 Å². The van der Waals surface area contributed by atoms with Gasteiger partial charge in [0.2, 0.25) is 0 Å². The van der Waals surface area contributed by atoms with Gasteiger partial charge in [0.25, 0.3) is 11.8 Å². The second kappa shape index (κ2) is 8.53. The largest absolute Gasteiger partial charge is 0.472 e. The van der Waals surface area contributed by atoms with E-state index in [0.717, 1.165) is 5.56 Å². The van der Waals surface area contributed by atoms with Gasteiger partial charge in [-0.25, -0.2) is 0 Å². The maximum atomic E-state index is 12.2. The molecule has 1 aliphatic rings. The number of esters is 1. The van der Waals surface area contributed by atoms with E-state index in [9.17, 15) is 14.4 Å². The fourth-order valence-electron chi connectivity index (χ4n) is 2.98. The molecule has 7 nitrogen and oxygen atoms in total. The average molecular weight is 370 g/mol. The van der Waals surface area contributed by atoms with Crippen LogP contribution < -0.4 is 5.32 Å². The fourth-order valence-corrected chi connectivity index (χ4v) is 2.98. The number of carbonyl (C=O) groups is 3. The maximum absolute atomic E-state index is 12.2. The molecule has 1 fully saturated rings. The van der Waals surface area contributed by atoms with Crippen LogP contribution in [0.25, 0.3) is 0 Å². The quantitative estimate of drug-likeness (QED) is 0.818. The molecule has 1 aromatic carbocycles. The Balaban J connectivity index is 1.41. The lowest BCUT2D eigenvalue weighted by atomic mass is 9.96. The first-order valence-electron chi connectivity index (χ1n) is 8.87. The van der Waals surface area contributed by atoms with Crippen molar-refractivity contribution in [2.45, 2.75) is 19.8 Å². The first-order chi connectivity index (χ1) is 13.0. The summed E-state index contributed by atoms with van der Waals surface area (Å²) in [6.45, 7) is 2.58. The molecular formula is C20H22N2O5. The number of benzene rings is 1. The van der Waals surface area contributed by atoms with Crippen LogP contribution in [0, 0.1) is 12.8 Å². The molecule has 27 heavy (non-hydrogen) atoms. The summed E-state index contributed by atoms with van der Waals surface area (Å²) in [6.07, 6.45) is 3.90. The van der Waals surface area contributed by atoms with Crippen LogP contribution in [0.2, 0.25) is 0 Å². The molecule has 1 aliphatic heterocycles. The van der Waals surface area contributed by atoms with Crippen molar-refractivity contribution < 1.29 is 23.5 Å². The third-order valence-corrected chi connectivity index (χ3v) is 4.56. The van der Waals surface area contributed by atoms with Crippen molar-refractivity contribution in [1.29, 1.82) is 0 Å². The lowest BCUT2D eigenvalue weighted by Crippen LogP contribution is -2.40. The van der Waals surface area contributed by atoms with Gasteiger partial charge in [-0.2, -0.15) is 0 Å². The van der Waals surface area contributed by atoms with Gasteiger partial charge in [0.1, 0.15) is 6.26 Å². The van der Waals surface area contributed by atoms with Gasteiger partial charge < -0.3 is 19.4 Å². The van der Waals surface area contributed by atoms with Crippen molar-refractivity contribution >= 4 is 23.5 Å². The molecule has 0 radical (unpaired) electrons. The van der Waals surface area contributed by atoms with E-state index in [1.807, 2.05) is 19.1 Å². The number of ether oxygens (including phenoxy) is 1. The van der Waals surface area contributed by atoms with Crippen molar-refractivity contribution in [1.82, 2.24) is 4.90 Å². The molecule has 0 atom stereocenters. The number of piperidine rings is 1. The van der Waals surface area contributed by atoms with E-state index in [1.54, 1.807) is 23.1 Å². The topological polar surface area (TPSA) is 88.9 Å². The Morgan fingerprint density at radius 2 is 1.85 bits per heavy atom. The summed E-state index contributed by atoms with van der Waals surface area (Å²) in [5.74, 6) is -1.18. The second-order valence-corrected chi connectivity index (χ2v) is 6.60. The molecule has 142 valence electrons. The van der Waals surface area contributed by atoms with E-state index in [-0.39, 0.29) is 24.3 Å². The van der Waals surface area contributed by atoms with Crippen LogP contribution >= 0.6 is 0 Å². The zero-order valence-electron chi connectivity index (χ0n) is 15.1. The Morgan fingerprint density at radius 3 is 2.48 bits per heavy atom. The standard InChI is InChI=1S/C20H22N2O5/c1-14-2-4-17(5-3-14)21-18(23)13-27-20(25)15-6-9-22(10-7-15)19(24)16-8-11-26-12-16/h2-5,8,11-12,15H,6-7,9-10,13H2,1H3,(H,21,23). The maximum Gasteiger partial charge on any atom is 0.309 e. The van der Waals surface area contributed by atoms with E-state index in [0.29, 0.717) is 37.2 Å². The van der Waals surface area contributed by atoms with Gasteiger partial charge in [-0.15, -0.1) is 0 Å². The Labute approximate surface area is 157 Å². The Kier molecular flexibility index (Phi) is 5.90. The summed E-state index contributed by atoms with van der Waals surface area (Å²) in [4.78, 5) is 38.0. The lowest BCUT2D eigenvalue weighted by molar-refractivity contribution is -0.152. The predicted molar refractivity (Wildman–Crippen MR) is 98.1 cm³/mol. The minimum absolute atomic E-state index is 0.104. The summed E-state index contributed by atoms with van der Waals surface area (Å²) >= 11 is 0. The van der Waals surface area contributed by atoms with Crippen LogP contribution in [0.15, 0.2) is 47.3 Å². The van der Waals surface area contributed by atoms with Crippen molar-refractivity contribution in [3.8, 4) is 0 Å². The smallest absolute Gasteiger partial charge is 0.309 e. The molecule has 0 aliphatic carbocycles. The zero-order chi connectivity index (χ0) is 19.2. The number of rotatable bonds is 5. The van der Waals surface area contributed by atoms with Crippen LogP contribution in [-0.4, -0.2) is 42.4 Å². The van der Waals surface area contributed by atoms with Crippen molar-refractivity contribution in [2.24, 2.45) is 5.92 Å². The van der Waals surface area contributed by atoms with Gasteiger partial charge in [0.15, 0.2) is 6.61 Å². The van der Waals surface area contributed by atoms with Crippen LogP contribution in [0.4, 0.5) is 5.69 Å². The number of aryl methyl sites for hydroxylation is 1. The Bertz CT molecular complexity index is 790. The number of nitrogens with one attached hydrogen (secondary N) is 1. The summed E-state index contributed by atoms with van der Waals surface area (Å²) in [5, 5.41) is 2.69. The molecule has 0 spiro atoms. The minimum atomic E-state index is -0.399. The first kappa shape index (κ1) is 18.7. The average Bonchev–Trinajstić information content (AvgIpc) is 3.22. The number of likely N-dealkylation sites (tertiary alicyclic amines) is 1. The van der Waals surface area contributed by atoms with Crippen LogP contribution in [0.5, 0.6) is 0 Å². The molecule has 7 heteroatoms.